The molecule has 1 aliphatic heterocycles. The van der Waals surface area contributed by atoms with E-state index in [2.05, 4.69) is 4.98 Å². The van der Waals surface area contributed by atoms with Crippen LogP contribution in [0.15, 0.2) is 117 Å². The lowest BCUT2D eigenvalue weighted by molar-refractivity contribution is -0.159. The number of rotatable bonds is 13. The molecule has 1 fully saturated rings. The highest BCUT2D eigenvalue weighted by Crippen LogP contribution is 2.41. The minimum absolute atomic E-state index is 0.0749. The molecule has 1 N–H and O–H groups in total. The van der Waals surface area contributed by atoms with E-state index in [1.165, 1.54) is 23.8 Å². The van der Waals surface area contributed by atoms with E-state index in [9.17, 15) is 19.2 Å². The quantitative estimate of drug-likeness (QED) is 0.152. The van der Waals surface area contributed by atoms with E-state index in [-0.39, 0.29) is 24.9 Å². The molecule has 0 unspecified atom stereocenters. The number of thiophene rings is 1. The molecular weight excluding hydrogens is 707 g/mol. The van der Waals surface area contributed by atoms with Crippen molar-refractivity contribution in [2.75, 3.05) is 13.2 Å². The third-order valence-electron chi connectivity index (χ3n) is 10.5. The smallest absolute Gasteiger partial charge is 0.333 e. The number of ether oxygens (including phenoxy) is 2. The second kappa shape index (κ2) is 14.3. The molecule has 0 bridgehead atoms. The van der Waals surface area contributed by atoms with Gasteiger partial charge in [0.05, 0.1) is 36.2 Å². The number of Topliss-reactive ketones (excluding diaryl/α,β-unsaturated/α-hetero) is 1. The molecule has 6 aromatic rings. The molecule has 3 aromatic carbocycles. The number of hydrogen-bond donors (Lipinski definition) is 1. The molecule has 10 nitrogen and oxygen atoms in total. The van der Waals surface area contributed by atoms with Crippen LogP contribution in [0.25, 0.3) is 21.0 Å². The molecule has 7 rings (SSSR count). The lowest BCUT2D eigenvalue weighted by Crippen LogP contribution is -2.66. The number of benzene rings is 3. The maximum atomic E-state index is 14.9. The van der Waals surface area contributed by atoms with Crippen LogP contribution in [0.1, 0.15) is 51.3 Å². The Balaban J connectivity index is 1.37. The Morgan fingerprint density at radius 2 is 1.55 bits per heavy atom. The summed E-state index contributed by atoms with van der Waals surface area (Å²) in [7, 11) is -3.60. The van der Waals surface area contributed by atoms with Gasteiger partial charge in [0.2, 0.25) is 5.89 Å². The van der Waals surface area contributed by atoms with Crippen LogP contribution >= 0.6 is 11.3 Å². The van der Waals surface area contributed by atoms with Crippen LogP contribution in [-0.4, -0.2) is 52.3 Å². The van der Waals surface area contributed by atoms with E-state index >= 15 is 0 Å². The number of aromatic nitrogens is 3. The van der Waals surface area contributed by atoms with Crippen molar-refractivity contribution >= 4 is 46.0 Å². The average Bonchev–Trinajstić information content (AvgIpc) is 3.79. The fourth-order valence-electron chi connectivity index (χ4n) is 7.30. The number of oxazole rings is 1. The predicted octanol–water partition coefficient (Wildman–Crippen LogP) is 5.57. The molecule has 0 saturated carbocycles. The van der Waals surface area contributed by atoms with Crippen LogP contribution in [0, 0.1) is 6.92 Å². The van der Waals surface area contributed by atoms with E-state index < -0.39 is 36.2 Å². The number of fused-ring (bicyclic) bond motifs is 1. The minimum Gasteiger partial charge on any atom is -0.444 e. The molecule has 3 aromatic heterocycles. The monoisotopic (exact) mass is 749 g/mol. The van der Waals surface area contributed by atoms with Crippen LogP contribution in [0.2, 0.25) is 5.04 Å². The highest BCUT2D eigenvalue weighted by Gasteiger charge is 2.52. The second-order valence-electron chi connectivity index (χ2n) is 14.8. The average molecular weight is 750 g/mol. The predicted molar refractivity (Wildman–Crippen MR) is 209 cm³/mol. The van der Waals surface area contributed by atoms with Crippen LogP contribution < -0.4 is 21.6 Å². The summed E-state index contributed by atoms with van der Waals surface area (Å²) in [6.45, 7) is 9.79. The Morgan fingerprint density at radius 1 is 0.962 bits per heavy atom. The van der Waals surface area contributed by atoms with Crippen molar-refractivity contribution in [2.24, 2.45) is 0 Å². The molecular formula is C41H43N3O7SSi. The number of ketones is 1. The van der Waals surface area contributed by atoms with Gasteiger partial charge in [0.25, 0.3) is 13.9 Å². The normalized spacial score (nSPS) is 14.7. The molecule has 53 heavy (non-hydrogen) atoms. The van der Waals surface area contributed by atoms with Gasteiger partial charge in [-0.2, -0.15) is 0 Å². The Labute approximate surface area is 312 Å². The maximum absolute atomic E-state index is 14.9. The first kappa shape index (κ1) is 36.6. The van der Waals surface area contributed by atoms with Gasteiger partial charge in [-0.25, -0.2) is 14.3 Å². The maximum Gasteiger partial charge on any atom is 0.333 e. The standard InChI is InChI=1S/C41H43N3O7SSi/c1-27-34-37(46)44(41(4,5)33(45)23-40(2,3)53(48,30-17-11-7-12-18-30)31-19-13-8-14-20-31)39(47)43(38(34)52-35(27)36-42-21-22-50-36)24-32(51-29-25-49-26-29)28-15-9-6-10-16-28/h6-22,29,32,48H,23-26H2,1-5H3/t32-/m0/s1. The second-order valence-corrected chi connectivity index (χ2v) is 19.7. The summed E-state index contributed by atoms with van der Waals surface area (Å²) in [5, 5.41) is 0.879. The van der Waals surface area contributed by atoms with E-state index in [4.69, 9.17) is 13.9 Å². The number of carbonyl (C=O) groups excluding carboxylic acids is 1. The molecule has 1 atom stereocenters. The minimum atomic E-state index is -3.60. The van der Waals surface area contributed by atoms with Crippen LogP contribution in [0.5, 0.6) is 0 Å². The van der Waals surface area contributed by atoms with Gasteiger partial charge in [0.1, 0.15) is 28.8 Å². The van der Waals surface area contributed by atoms with Gasteiger partial charge < -0.3 is 18.7 Å². The van der Waals surface area contributed by atoms with Crippen LogP contribution in [0.4, 0.5) is 0 Å². The Morgan fingerprint density at radius 3 is 2.08 bits per heavy atom. The van der Waals surface area contributed by atoms with E-state index in [0.717, 1.165) is 20.5 Å². The zero-order valence-electron chi connectivity index (χ0n) is 30.4. The summed E-state index contributed by atoms with van der Waals surface area (Å²) in [4.78, 5) is 62.6. The molecule has 274 valence electrons. The summed E-state index contributed by atoms with van der Waals surface area (Å²) >= 11 is 1.25. The summed E-state index contributed by atoms with van der Waals surface area (Å²) in [6.07, 6.45) is 2.19. The molecule has 0 aliphatic carbocycles. The highest BCUT2D eigenvalue weighted by atomic mass is 32.1. The summed E-state index contributed by atoms with van der Waals surface area (Å²) in [5.41, 5.74) is -1.35. The zero-order valence-corrected chi connectivity index (χ0v) is 32.3. The van der Waals surface area contributed by atoms with Crippen molar-refractivity contribution in [1.29, 1.82) is 0 Å². The largest absolute Gasteiger partial charge is 0.444 e. The third-order valence-corrected chi connectivity index (χ3v) is 16.3. The molecule has 0 amide bonds. The molecule has 1 aliphatic rings. The molecule has 0 radical (unpaired) electrons. The molecule has 1 saturated heterocycles. The van der Waals surface area contributed by atoms with Crippen molar-refractivity contribution in [1.82, 2.24) is 14.1 Å². The highest BCUT2D eigenvalue weighted by molar-refractivity contribution is 7.22. The van der Waals surface area contributed by atoms with E-state index in [1.807, 2.05) is 105 Å². The van der Waals surface area contributed by atoms with Gasteiger partial charge >= 0.3 is 5.69 Å². The fraction of sp³-hybridized carbons (Fsp3) is 0.317. The number of hydrogen-bond acceptors (Lipinski definition) is 9. The van der Waals surface area contributed by atoms with Crippen LogP contribution in [-0.2, 0) is 26.4 Å². The first-order valence-corrected chi connectivity index (χ1v) is 20.4. The lowest BCUT2D eigenvalue weighted by Gasteiger charge is -2.42. The fourth-order valence-corrected chi connectivity index (χ4v) is 12.2. The van der Waals surface area contributed by atoms with Gasteiger partial charge in [0, 0.05) is 6.42 Å². The van der Waals surface area contributed by atoms with Crippen LogP contribution in [0.3, 0.4) is 0 Å². The van der Waals surface area contributed by atoms with E-state index in [1.54, 1.807) is 25.3 Å². The Bertz CT molecular complexity index is 2310. The van der Waals surface area contributed by atoms with Crippen molar-refractivity contribution in [3.8, 4) is 10.8 Å². The van der Waals surface area contributed by atoms with Gasteiger partial charge in [-0.3, -0.25) is 14.2 Å². The SMILES string of the molecule is Cc1c(-c2ncco2)sc2c1c(=O)n(C(C)(C)C(=O)CC(C)(C)[Si](O)(c1ccccc1)c1ccccc1)c(=O)n2C[C@H](OC1COC1)c1ccccc1. The Hall–Kier alpha value is -4.72. The number of carbonyl (C=O) groups is 1. The topological polar surface area (TPSA) is 126 Å². The lowest BCUT2D eigenvalue weighted by atomic mass is 9.91. The number of aryl methyl sites for hydroxylation is 1. The number of nitrogens with zero attached hydrogens (tertiary/aromatic N) is 3. The molecule has 0 spiro atoms. The summed E-state index contributed by atoms with van der Waals surface area (Å²) in [6, 6.07) is 28.6. The van der Waals surface area contributed by atoms with Gasteiger partial charge in [0.15, 0.2) is 5.78 Å². The van der Waals surface area contributed by atoms with E-state index in [0.29, 0.717) is 39.8 Å². The van der Waals surface area contributed by atoms with Crippen molar-refractivity contribution in [3.05, 3.63) is 135 Å². The summed E-state index contributed by atoms with van der Waals surface area (Å²) in [5.74, 6) is -0.0204. The summed E-state index contributed by atoms with van der Waals surface area (Å²) < 4.78 is 20.2. The first-order valence-electron chi connectivity index (χ1n) is 17.7. The Kier molecular flexibility index (Phi) is 9.85. The van der Waals surface area contributed by atoms with Crippen molar-refractivity contribution in [2.45, 2.75) is 70.4 Å². The van der Waals surface area contributed by atoms with Gasteiger partial charge in [-0.05, 0) is 47.3 Å². The molecule has 4 heterocycles. The first-order chi connectivity index (χ1) is 25.3. The molecule has 12 heteroatoms. The zero-order chi connectivity index (χ0) is 37.5. The van der Waals surface area contributed by atoms with Gasteiger partial charge in [-0.15, -0.1) is 11.3 Å². The van der Waals surface area contributed by atoms with Crippen molar-refractivity contribution in [3.63, 3.8) is 0 Å². The van der Waals surface area contributed by atoms with Crippen molar-refractivity contribution < 1.29 is 23.5 Å². The third kappa shape index (κ3) is 6.48. The van der Waals surface area contributed by atoms with Gasteiger partial charge in [-0.1, -0.05) is 105 Å².